The van der Waals surface area contributed by atoms with Crippen molar-refractivity contribution in [3.63, 3.8) is 0 Å². The highest BCUT2D eigenvalue weighted by molar-refractivity contribution is 5.79. The van der Waals surface area contributed by atoms with Crippen molar-refractivity contribution in [2.45, 2.75) is 25.2 Å². The number of fused-ring (bicyclic) bond motifs is 3. The van der Waals surface area contributed by atoms with Gasteiger partial charge in [0.2, 0.25) is 0 Å². The number of rotatable bonds is 7. The zero-order chi connectivity index (χ0) is 18.8. The van der Waals surface area contributed by atoms with E-state index >= 15 is 0 Å². The van der Waals surface area contributed by atoms with Crippen molar-refractivity contribution >= 4 is 12.1 Å². The largest absolute Gasteiger partial charge is 0.481 e. The Morgan fingerprint density at radius 2 is 1.63 bits per heavy atom. The molecule has 0 radical (unpaired) electrons. The zero-order valence-electron chi connectivity index (χ0n) is 15.1. The van der Waals surface area contributed by atoms with E-state index in [1.165, 1.54) is 11.1 Å². The molecule has 0 heterocycles. The number of carbonyl (C=O) groups is 2. The van der Waals surface area contributed by atoms with Gasteiger partial charge in [-0.15, -0.1) is 0 Å². The molecule has 0 spiro atoms. The molecule has 2 aromatic rings. The lowest BCUT2D eigenvalue weighted by Gasteiger charge is -2.16. The van der Waals surface area contributed by atoms with Gasteiger partial charge in [-0.05, 0) is 34.6 Å². The Bertz CT molecular complexity index is 813. The molecule has 0 saturated heterocycles. The minimum atomic E-state index is -0.860. The van der Waals surface area contributed by atoms with Crippen LogP contribution < -0.4 is 5.32 Å². The summed E-state index contributed by atoms with van der Waals surface area (Å²) in [5.74, 6) is -0.904. The number of hydrogen-bond donors (Lipinski definition) is 2. The SMILES string of the molecule is O=C(NCC(CC1CC1)C(=O)O)OCC1c2ccccc2-c2ccccc21. The van der Waals surface area contributed by atoms with Crippen LogP contribution in [-0.2, 0) is 9.53 Å². The topological polar surface area (TPSA) is 75.6 Å². The Morgan fingerprint density at radius 1 is 1.04 bits per heavy atom. The van der Waals surface area contributed by atoms with Crippen LogP contribution in [0.3, 0.4) is 0 Å². The molecule has 4 rings (SSSR count). The fourth-order valence-electron chi connectivity index (χ4n) is 3.88. The Kier molecular flexibility index (Phi) is 4.84. The number of hydrogen-bond acceptors (Lipinski definition) is 3. The fraction of sp³-hybridized carbons (Fsp3) is 0.364. The third kappa shape index (κ3) is 3.82. The number of carbonyl (C=O) groups excluding carboxylic acids is 1. The van der Waals surface area contributed by atoms with Crippen LogP contribution in [0.4, 0.5) is 4.79 Å². The molecular formula is C22H23NO4. The summed E-state index contributed by atoms with van der Waals surface area (Å²) in [7, 11) is 0. The summed E-state index contributed by atoms with van der Waals surface area (Å²) in [6.07, 6.45) is 2.25. The highest BCUT2D eigenvalue weighted by Crippen LogP contribution is 2.44. The molecule has 1 fully saturated rings. The highest BCUT2D eigenvalue weighted by Gasteiger charge is 2.31. The van der Waals surface area contributed by atoms with Gasteiger partial charge in [0.1, 0.15) is 6.61 Å². The lowest BCUT2D eigenvalue weighted by atomic mass is 9.98. The molecule has 1 amide bonds. The summed E-state index contributed by atoms with van der Waals surface area (Å²) in [5, 5.41) is 11.9. The van der Waals surface area contributed by atoms with E-state index in [9.17, 15) is 14.7 Å². The summed E-state index contributed by atoms with van der Waals surface area (Å²) >= 11 is 0. The molecule has 5 heteroatoms. The standard InChI is InChI=1S/C22H23NO4/c24-21(25)15(11-14-9-10-14)12-23-22(26)27-13-20-18-7-3-1-5-16(18)17-6-2-4-8-19(17)20/h1-8,14-15,20H,9-13H2,(H,23,26)(H,24,25). The number of ether oxygens (including phenoxy) is 1. The van der Waals surface area contributed by atoms with Crippen molar-refractivity contribution in [2.24, 2.45) is 11.8 Å². The highest BCUT2D eigenvalue weighted by atomic mass is 16.5. The number of amides is 1. The first-order valence-corrected chi connectivity index (χ1v) is 9.45. The second-order valence-corrected chi connectivity index (χ2v) is 7.42. The first-order valence-electron chi connectivity index (χ1n) is 9.45. The van der Waals surface area contributed by atoms with Crippen LogP contribution in [0, 0.1) is 11.8 Å². The summed E-state index contributed by atoms with van der Waals surface area (Å²) in [6.45, 7) is 0.350. The molecule has 27 heavy (non-hydrogen) atoms. The van der Waals surface area contributed by atoms with Gasteiger partial charge in [-0.1, -0.05) is 61.4 Å². The van der Waals surface area contributed by atoms with Gasteiger partial charge in [0.05, 0.1) is 5.92 Å². The monoisotopic (exact) mass is 365 g/mol. The summed E-state index contributed by atoms with van der Waals surface area (Å²) in [6, 6.07) is 16.3. The van der Waals surface area contributed by atoms with Crippen molar-refractivity contribution < 1.29 is 19.4 Å². The van der Waals surface area contributed by atoms with E-state index in [2.05, 4.69) is 29.6 Å². The Balaban J connectivity index is 1.37. The second-order valence-electron chi connectivity index (χ2n) is 7.42. The van der Waals surface area contributed by atoms with E-state index in [1.54, 1.807) is 0 Å². The molecule has 2 aliphatic carbocycles. The van der Waals surface area contributed by atoms with Crippen LogP contribution >= 0.6 is 0 Å². The lowest BCUT2D eigenvalue weighted by molar-refractivity contribution is -0.141. The first kappa shape index (κ1) is 17.6. The zero-order valence-corrected chi connectivity index (χ0v) is 15.1. The van der Waals surface area contributed by atoms with E-state index < -0.39 is 18.0 Å². The predicted octanol–water partition coefficient (Wildman–Crippen LogP) is 4.03. The van der Waals surface area contributed by atoms with Crippen LogP contribution in [0.25, 0.3) is 11.1 Å². The molecule has 0 aliphatic heterocycles. The van der Waals surface area contributed by atoms with Gasteiger partial charge in [-0.2, -0.15) is 0 Å². The summed E-state index contributed by atoms with van der Waals surface area (Å²) < 4.78 is 5.45. The minimum Gasteiger partial charge on any atom is -0.481 e. The maximum Gasteiger partial charge on any atom is 0.407 e. The van der Waals surface area contributed by atoms with Crippen molar-refractivity contribution in [2.75, 3.05) is 13.2 Å². The lowest BCUT2D eigenvalue weighted by Crippen LogP contribution is -2.34. The molecule has 1 saturated carbocycles. The average Bonchev–Trinajstić information content (AvgIpc) is 3.44. The molecule has 0 aromatic heterocycles. The Hall–Kier alpha value is -2.82. The number of benzene rings is 2. The molecule has 5 nitrogen and oxygen atoms in total. The summed E-state index contributed by atoms with van der Waals surface area (Å²) in [4.78, 5) is 23.5. The van der Waals surface area contributed by atoms with Gasteiger partial charge in [0.25, 0.3) is 0 Å². The normalized spacial score (nSPS) is 16.3. The first-order chi connectivity index (χ1) is 13.1. The van der Waals surface area contributed by atoms with Crippen molar-refractivity contribution in [3.05, 3.63) is 59.7 Å². The van der Waals surface area contributed by atoms with Gasteiger partial charge >= 0.3 is 12.1 Å². The van der Waals surface area contributed by atoms with Gasteiger partial charge in [0.15, 0.2) is 0 Å². The molecule has 0 bridgehead atoms. The Morgan fingerprint density at radius 3 is 2.19 bits per heavy atom. The summed E-state index contributed by atoms with van der Waals surface area (Å²) in [5.41, 5.74) is 4.67. The average molecular weight is 365 g/mol. The van der Waals surface area contributed by atoms with Crippen LogP contribution in [0.1, 0.15) is 36.3 Å². The molecule has 2 aromatic carbocycles. The quantitative estimate of drug-likeness (QED) is 0.777. The Labute approximate surface area is 158 Å². The van der Waals surface area contributed by atoms with Crippen LogP contribution in [0.2, 0.25) is 0 Å². The smallest absolute Gasteiger partial charge is 0.407 e. The van der Waals surface area contributed by atoms with Gasteiger partial charge in [-0.25, -0.2) is 4.79 Å². The molecule has 1 atom stereocenters. The van der Waals surface area contributed by atoms with Gasteiger partial charge in [-0.3, -0.25) is 4.79 Å². The van der Waals surface area contributed by atoms with Crippen molar-refractivity contribution in [3.8, 4) is 11.1 Å². The molecule has 140 valence electrons. The molecule has 2 aliphatic rings. The van der Waals surface area contributed by atoms with Crippen molar-refractivity contribution in [1.82, 2.24) is 5.32 Å². The third-order valence-corrected chi connectivity index (χ3v) is 5.50. The van der Waals surface area contributed by atoms with Crippen LogP contribution in [-0.4, -0.2) is 30.3 Å². The van der Waals surface area contributed by atoms with Crippen LogP contribution in [0.15, 0.2) is 48.5 Å². The van der Waals surface area contributed by atoms with E-state index in [0.29, 0.717) is 12.3 Å². The number of alkyl carbamates (subject to hydrolysis) is 1. The van der Waals surface area contributed by atoms with Crippen molar-refractivity contribution in [1.29, 1.82) is 0 Å². The van der Waals surface area contributed by atoms with Gasteiger partial charge < -0.3 is 15.2 Å². The van der Waals surface area contributed by atoms with Gasteiger partial charge in [0, 0.05) is 12.5 Å². The maximum absolute atomic E-state index is 12.1. The number of carboxylic acids is 1. The van der Waals surface area contributed by atoms with E-state index in [-0.39, 0.29) is 19.1 Å². The number of carboxylic acid groups (broad SMARTS) is 1. The molecule has 2 N–H and O–H groups in total. The molecule has 1 unspecified atom stereocenters. The molecular weight excluding hydrogens is 342 g/mol. The van der Waals surface area contributed by atoms with E-state index in [1.807, 2.05) is 24.3 Å². The second kappa shape index (κ2) is 7.43. The fourth-order valence-corrected chi connectivity index (χ4v) is 3.88. The maximum atomic E-state index is 12.1. The number of nitrogens with one attached hydrogen (secondary N) is 1. The van der Waals surface area contributed by atoms with Crippen LogP contribution in [0.5, 0.6) is 0 Å². The third-order valence-electron chi connectivity index (χ3n) is 5.50. The van der Waals surface area contributed by atoms with E-state index in [4.69, 9.17) is 4.74 Å². The predicted molar refractivity (Wildman–Crippen MR) is 102 cm³/mol. The number of aliphatic carboxylic acids is 1. The van der Waals surface area contributed by atoms with E-state index in [0.717, 1.165) is 24.0 Å². The minimum absolute atomic E-state index is 0.00452.